The van der Waals surface area contributed by atoms with Crippen molar-refractivity contribution in [2.45, 2.75) is 60.8 Å². The van der Waals surface area contributed by atoms with Crippen LogP contribution >= 0.6 is 0 Å². The molecule has 0 amide bonds. The minimum absolute atomic E-state index is 0.917. The summed E-state index contributed by atoms with van der Waals surface area (Å²) in [4.78, 5) is 0. The standard InChI is InChI=1S/C15H30/c1-7-10(2)15-9-12(4)14(6)11(3)8-13(15)5/h10-15H,7-9H2,1-6H3. The lowest BCUT2D eigenvalue weighted by Gasteiger charge is -2.29. The Morgan fingerprint density at radius 3 is 2.00 bits per heavy atom. The van der Waals surface area contributed by atoms with Gasteiger partial charge in [0.25, 0.3) is 0 Å². The average molecular weight is 210 g/mol. The second-order valence-corrected chi connectivity index (χ2v) is 6.31. The zero-order valence-electron chi connectivity index (χ0n) is 11.6. The molecule has 0 saturated heterocycles. The molecular weight excluding hydrogens is 180 g/mol. The Balaban J connectivity index is 2.73. The van der Waals surface area contributed by atoms with E-state index in [0.717, 1.165) is 35.5 Å². The zero-order chi connectivity index (χ0) is 11.6. The first-order valence-corrected chi connectivity index (χ1v) is 6.97. The van der Waals surface area contributed by atoms with E-state index in [0.29, 0.717) is 0 Å². The highest BCUT2D eigenvalue weighted by atomic mass is 14.4. The largest absolute Gasteiger partial charge is 0.0651 e. The summed E-state index contributed by atoms with van der Waals surface area (Å²) in [6.07, 6.45) is 4.26. The van der Waals surface area contributed by atoms with Crippen LogP contribution in [0.2, 0.25) is 0 Å². The maximum Gasteiger partial charge on any atom is -0.0360 e. The van der Waals surface area contributed by atoms with E-state index in [1.165, 1.54) is 19.3 Å². The average Bonchev–Trinajstić information content (AvgIpc) is 2.30. The van der Waals surface area contributed by atoms with Crippen LogP contribution in [0.15, 0.2) is 0 Å². The van der Waals surface area contributed by atoms with E-state index < -0.39 is 0 Å². The maximum atomic E-state index is 2.48. The van der Waals surface area contributed by atoms with Gasteiger partial charge in [-0.05, 0) is 48.3 Å². The fraction of sp³-hybridized carbons (Fsp3) is 1.00. The number of rotatable bonds is 2. The van der Waals surface area contributed by atoms with Gasteiger partial charge in [0.1, 0.15) is 0 Å². The van der Waals surface area contributed by atoms with Crippen molar-refractivity contribution in [2.24, 2.45) is 35.5 Å². The predicted molar refractivity (Wildman–Crippen MR) is 68.8 cm³/mol. The molecule has 0 aromatic carbocycles. The normalized spacial score (nSPS) is 44.8. The quantitative estimate of drug-likeness (QED) is 0.563. The first kappa shape index (κ1) is 13.1. The summed E-state index contributed by atoms with van der Waals surface area (Å²) in [5.74, 6) is 5.58. The van der Waals surface area contributed by atoms with Crippen molar-refractivity contribution >= 4 is 0 Å². The molecule has 0 spiro atoms. The van der Waals surface area contributed by atoms with E-state index in [1.54, 1.807) is 0 Å². The van der Waals surface area contributed by atoms with Gasteiger partial charge in [-0.25, -0.2) is 0 Å². The summed E-state index contributed by atoms with van der Waals surface area (Å²) >= 11 is 0. The first-order valence-electron chi connectivity index (χ1n) is 6.97. The molecule has 1 fully saturated rings. The summed E-state index contributed by atoms with van der Waals surface area (Å²) in [5.41, 5.74) is 0. The Morgan fingerprint density at radius 2 is 1.47 bits per heavy atom. The Bertz CT molecular complexity index is 184. The summed E-state index contributed by atoms with van der Waals surface area (Å²) < 4.78 is 0. The molecule has 0 N–H and O–H groups in total. The van der Waals surface area contributed by atoms with E-state index in [4.69, 9.17) is 0 Å². The van der Waals surface area contributed by atoms with Crippen molar-refractivity contribution in [3.63, 3.8) is 0 Å². The molecule has 1 rings (SSSR count). The van der Waals surface area contributed by atoms with Gasteiger partial charge in [-0.2, -0.15) is 0 Å². The minimum Gasteiger partial charge on any atom is -0.0651 e. The van der Waals surface area contributed by atoms with E-state index in [9.17, 15) is 0 Å². The Hall–Kier alpha value is 0. The zero-order valence-corrected chi connectivity index (χ0v) is 11.6. The monoisotopic (exact) mass is 210 g/mol. The lowest BCUT2D eigenvalue weighted by Crippen LogP contribution is -2.20. The molecular formula is C15H30. The third-order valence-electron chi connectivity index (χ3n) is 5.29. The molecule has 0 nitrogen and oxygen atoms in total. The van der Waals surface area contributed by atoms with Crippen molar-refractivity contribution in [3.8, 4) is 0 Å². The second kappa shape index (κ2) is 5.37. The highest BCUT2D eigenvalue weighted by Crippen LogP contribution is 2.42. The molecule has 1 saturated carbocycles. The van der Waals surface area contributed by atoms with E-state index in [1.807, 2.05) is 0 Å². The summed E-state index contributed by atoms with van der Waals surface area (Å²) in [5, 5.41) is 0. The van der Waals surface area contributed by atoms with Crippen LogP contribution in [0.4, 0.5) is 0 Å². The number of hydrogen-bond donors (Lipinski definition) is 0. The van der Waals surface area contributed by atoms with Gasteiger partial charge in [0.05, 0.1) is 0 Å². The third kappa shape index (κ3) is 2.98. The van der Waals surface area contributed by atoms with Gasteiger partial charge < -0.3 is 0 Å². The topological polar surface area (TPSA) is 0 Å². The third-order valence-corrected chi connectivity index (χ3v) is 5.29. The summed E-state index contributed by atoms with van der Waals surface area (Å²) in [7, 11) is 0. The highest BCUT2D eigenvalue weighted by molar-refractivity contribution is 4.83. The Morgan fingerprint density at radius 1 is 0.933 bits per heavy atom. The van der Waals surface area contributed by atoms with Gasteiger partial charge in [-0.1, -0.05) is 48.0 Å². The van der Waals surface area contributed by atoms with Crippen LogP contribution in [-0.2, 0) is 0 Å². The van der Waals surface area contributed by atoms with Crippen LogP contribution in [0.25, 0.3) is 0 Å². The molecule has 15 heavy (non-hydrogen) atoms. The van der Waals surface area contributed by atoms with Crippen molar-refractivity contribution in [1.29, 1.82) is 0 Å². The van der Waals surface area contributed by atoms with E-state index >= 15 is 0 Å². The van der Waals surface area contributed by atoms with Crippen LogP contribution in [0, 0.1) is 35.5 Å². The van der Waals surface area contributed by atoms with Gasteiger partial charge in [0.2, 0.25) is 0 Å². The minimum atomic E-state index is 0.917. The lowest BCUT2D eigenvalue weighted by atomic mass is 9.77. The van der Waals surface area contributed by atoms with Gasteiger partial charge >= 0.3 is 0 Å². The molecule has 6 unspecified atom stereocenters. The van der Waals surface area contributed by atoms with Crippen molar-refractivity contribution in [3.05, 3.63) is 0 Å². The van der Waals surface area contributed by atoms with Crippen LogP contribution < -0.4 is 0 Å². The van der Waals surface area contributed by atoms with Gasteiger partial charge in [-0.15, -0.1) is 0 Å². The van der Waals surface area contributed by atoms with Crippen molar-refractivity contribution in [2.75, 3.05) is 0 Å². The SMILES string of the molecule is CCC(C)C1CC(C)C(C)C(C)CC1C. The molecule has 0 heterocycles. The Labute approximate surface area is 96.8 Å². The molecule has 0 radical (unpaired) electrons. The van der Waals surface area contributed by atoms with Crippen molar-refractivity contribution < 1.29 is 0 Å². The number of hydrogen-bond acceptors (Lipinski definition) is 0. The van der Waals surface area contributed by atoms with E-state index in [-0.39, 0.29) is 0 Å². The molecule has 1 aliphatic carbocycles. The van der Waals surface area contributed by atoms with Gasteiger partial charge in [0.15, 0.2) is 0 Å². The summed E-state index contributed by atoms with van der Waals surface area (Å²) in [6.45, 7) is 14.7. The van der Waals surface area contributed by atoms with Crippen molar-refractivity contribution in [1.82, 2.24) is 0 Å². The molecule has 0 aliphatic heterocycles. The first-order chi connectivity index (χ1) is 6.97. The predicted octanol–water partition coefficient (Wildman–Crippen LogP) is 4.99. The van der Waals surface area contributed by atoms with Crippen LogP contribution in [0.3, 0.4) is 0 Å². The second-order valence-electron chi connectivity index (χ2n) is 6.31. The molecule has 0 bridgehead atoms. The molecule has 0 heteroatoms. The van der Waals surface area contributed by atoms with Gasteiger partial charge in [-0.3, -0.25) is 0 Å². The molecule has 90 valence electrons. The Kier molecular flexibility index (Phi) is 4.67. The molecule has 1 aliphatic rings. The lowest BCUT2D eigenvalue weighted by molar-refractivity contribution is 0.212. The maximum absolute atomic E-state index is 2.48. The molecule has 6 atom stereocenters. The van der Waals surface area contributed by atoms with Crippen LogP contribution in [-0.4, -0.2) is 0 Å². The molecule has 0 aromatic rings. The van der Waals surface area contributed by atoms with Crippen LogP contribution in [0.1, 0.15) is 60.8 Å². The fourth-order valence-corrected chi connectivity index (χ4v) is 3.51. The van der Waals surface area contributed by atoms with E-state index in [2.05, 4.69) is 41.5 Å². The molecule has 0 aromatic heterocycles. The summed E-state index contributed by atoms with van der Waals surface area (Å²) in [6, 6.07) is 0. The smallest absolute Gasteiger partial charge is 0.0360 e. The van der Waals surface area contributed by atoms with Crippen LogP contribution in [0.5, 0.6) is 0 Å². The van der Waals surface area contributed by atoms with Gasteiger partial charge in [0, 0.05) is 0 Å². The highest BCUT2D eigenvalue weighted by Gasteiger charge is 2.33. The fourth-order valence-electron chi connectivity index (χ4n) is 3.51.